The quantitative estimate of drug-likeness (QED) is 0.844. The van der Waals surface area contributed by atoms with Crippen LogP contribution in [0.3, 0.4) is 0 Å². The van der Waals surface area contributed by atoms with Gasteiger partial charge in [0, 0.05) is 5.69 Å². The predicted octanol–water partition coefficient (Wildman–Crippen LogP) is 3.48. The molecule has 0 amide bonds. The highest BCUT2D eigenvalue weighted by Gasteiger charge is 2.31. The standard InChI is InChI=1S/C17H25NO3/c1-12-4-6-13(7-5-12)16(17(19)21-3)18-14-8-10-15(20-2)11-9-14/h8-13,16,18H,4-7H2,1-3H3. The number of methoxy groups -OCH3 is 2. The van der Waals surface area contributed by atoms with E-state index < -0.39 is 0 Å². The predicted molar refractivity (Wildman–Crippen MR) is 83.5 cm³/mol. The molecule has 1 aromatic carbocycles. The minimum absolute atomic E-state index is 0.176. The van der Waals surface area contributed by atoms with E-state index in [1.165, 1.54) is 20.0 Å². The minimum Gasteiger partial charge on any atom is -0.497 e. The lowest BCUT2D eigenvalue weighted by molar-refractivity contribution is -0.143. The average Bonchev–Trinajstić information content (AvgIpc) is 2.53. The largest absolute Gasteiger partial charge is 0.497 e. The van der Waals surface area contributed by atoms with E-state index in [-0.39, 0.29) is 12.0 Å². The fourth-order valence-corrected chi connectivity index (χ4v) is 2.98. The molecule has 1 unspecified atom stereocenters. The number of carbonyl (C=O) groups excluding carboxylic acids is 1. The first-order valence-corrected chi connectivity index (χ1v) is 7.62. The fraction of sp³-hybridized carbons (Fsp3) is 0.588. The molecule has 1 atom stereocenters. The zero-order chi connectivity index (χ0) is 15.2. The summed E-state index contributed by atoms with van der Waals surface area (Å²) in [5.74, 6) is 1.74. The first-order chi connectivity index (χ1) is 10.1. The summed E-state index contributed by atoms with van der Waals surface area (Å²) >= 11 is 0. The summed E-state index contributed by atoms with van der Waals surface area (Å²) in [4.78, 5) is 12.1. The van der Waals surface area contributed by atoms with Crippen molar-refractivity contribution < 1.29 is 14.3 Å². The summed E-state index contributed by atoms with van der Waals surface area (Å²) < 4.78 is 10.1. The number of ether oxygens (including phenoxy) is 2. The Labute approximate surface area is 126 Å². The van der Waals surface area contributed by atoms with E-state index in [0.717, 1.165) is 30.2 Å². The molecule has 116 valence electrons. The molecule has 0 radical (unpaired) electrons. The van der Waals surface area contributed by atoms with E-state index in [2.05, 4.69) is 12.2 Å². The third kappa shape index (κ3) is 4.13. The highest BCUT2D eigenvalue weighted by atomic mass is 16.5. The van der Waals surface area contributed by atoms with Gasteiger partial charge in [0.15, 0.2) is 0 Å². The zero-order valence-electron chi connectivity index (χ0n) is 13.1. The van der Waals surface area contributed by atoms with Gasteiger partial charge >= 0.3 is 5.97 Å². The number of carbonyl (C=O) groups is 1. The maximum Gasteiger partial charge on any atom is 0.328 e. The van der Waals surface area contributed by atoms with E-state index in [1.807, 2.05) is 24.3 Å². The van der Waals surface area contributed by atoms with Gasteiger partial charge in [-0.3, -0.25) is 0 Å². The van der Waals surface area contributed by atoms with Crippen molar-refractivity contribution in [3.8, 4) is 5.75 Å². The number of benzene rings is 1. The van der Waals surface area contributed by atoms with Crippen molar-refractivity contribution in [2.45, 2.75) is 38.6 Å². The maximum atomic E-state index is 12.1. The van der Waals surface area contributed by atoms with Crippen molar-refractivity contribution in [3.05, 3.63) is 24.3 Å². The van der Waals surface area contributed by atoms with Crippen LogP contribution in [0.4, 0.5) is 5.69 Å². The van der Waals surface area contributed by atoms with E-state index in [0.29, 0.717) is 5.92 Å². The number of hydrogen-bond acceptors (Lipinski definition) is 4. The molecule has 4 heteroatoms. The van der Waals surface area contributed by atoms with Crippen molar-refractivity contribution in [2.75, 3.05) is 19.5 Å². The molecule has 2 rings (SSSR count). The van der Waals surface area contributed by atoms with Crippen LogP contribution in [0.1, 0.15) is 32.6 Å². The Hall–Kier alpha value is -1.71. The Morgan fingerprint density at radius 1 is 1.14 bits per heavy atom. The molecule has 0 aliphatic heterocycles. The van der Waals surface area contributed by atoms with Gasteiger partial charge in [-0.1, -0.05) is 19.8 Å². The van der Waals surface area contributed by atoms with Crippen molar-refractivity contribution >= 4 is 11.7 Å². The Kier molecular flexibility index (Phi) is 5.48. The minimum atomic E-state index is -0.268. The lowest BCUT2D eigenvalue weighted by atomic mass is 9.79. The summed E-state index contributed by atoms with van der Waals surface area (Å²) in [6, 6.07) is 7.37. The van der Waals surface area contributed by atoms with Crippen LogP contribution in [-0.2, 0) is 9.53 Å². The van der Waals surface area contributed by atoms with Crippen molar-refractivity contribution in [3.63, 3.8) is 0 Å². The lowest BCUT2D eigenvalue weighted by Crippen LogP contribution is -2.39. The van der Waals surface area contributed by atoms with E-state index in [1.54, 1.807) is 7.11 Å². The number of anilines is 1. The van der Waals surface area contributed by atoms with E-state index in [9.17, 15) is 4.79 Å². The third-order valence-corrected chi connectivity index (χ3v) is 4.40. The summed E-state index contributed by atoms with van der Waals surface area (Å²) in [5.41, 5.74) is 0.921. The number of esters is 1. The van der Waals surface area contributed by atoms with Crippen molar-refractivity contribution in [1.82, 2.24) is 0 Å². The SMILES string of the molecule is COC(=O)C(Nc1ccc(OC)cc1)C1CCC(C)CC1. The summed E-state index contributed by atoms with van der Waals surface area (Å²) in [6.45, 7) is 2.28. The van der Waals surface area contributed by atoms with Crippen LogP contribution in [0.15, 0.2) is 24.3 Å². The lowest BCUT2D eigenvalue weighted by Gasteiger charge is -2.32. The summed E-state index contributed by atoms with van der Waals surface area (Å²) in [5, 5.41) is 3.34. The molecule has 0 heterocycles. The summed E-state index contributed by atoms with van der Waals surface area (Å²) in [6.07, 6.45) is 4.51. The Morgan fingerprint density at radius 3 is 2.29 bits per heavy atom. The molecule has 0 spiro atoms. The van der Waals surface area contributed by atoms with E-state index in [4.69, 9.17) is 9.47 Å². The highest BCUT2D eigenvalue weighted by Crippen LogP contribution is 2.32. The highest BCUT2D eigenvalue weighted by molar-refractivity contribution is 5.79. The van der Waals surface area contributed by atoms with Crippen LogP contribution >= 0.6 is 0 Å². The normalized spacial score (nSPS) is 23.2. The molecule has 1 N–H and O–H groups in total. The van der Waals surface area contributed by atoms with Gasteiger partial charge in [-0.25, -0.2) is 4.79 Å². The van der Waals surface area contributed by atoms with E-state index >= 15 is 0 Å². The van der Waals surface area contributed by atoms with Crippen molar-refractivity contribution in [1.29, 1.82) is 0 Å². The van der Waals surface area contributed by atoms with Crippen LogP contribution < -0.4 is 10.1 Å². The molecule has 1 fully saturated rings. The number of rotatable bonds is 5. The molecule has 1 aliphatic carbocycles. The Balaban J connectivity index is 2.06. The van der Waals surface area contributed by atoms with Crippen LogP contribution in [0.5, 0.6) is 5.75 Å². The third-order valence-electron chi connectivity index (χ3n) is 4.40. The van der Waals surface area contributed by atoms with Crippen LogP contribution in [-0.4, -0.2) is 26.2 Å². The fourth-order valence-electron chi connectivity index (χ4n) is 2.98. The molecular weight excluding hydrogens is 266 g/mol. The molecule has 0 bridgehead atoms. The summed E-state index contributed by atoms with van der Waals surface area (Å²) in [7, 11) is 3.10. The molecule has 1 saturated carbocycles. The molecule has 0 aromatic heterocycles. The molecule has 4 nitrogen and oxygen atoms in total. The number of hydrogen-bond donors (Lipinski definition) is 1. The van der Waals surface area contributed by atoms with Gasteiger partial charge in [-0.2, -0.15) is 0 Å². The zero-order valence-corrected chi connectivity index (χ0v) is 13.1. The van der Waals surface area contributed by atoms with Gasteiger partial charge in [0.2, 0.25) is 0 Å². The van der Waals surface area contributed by atoms with Crippen molar-refractivity contribution in [2.24, 2.45) is 11.8 Å². The van der Waals surface area contributed by atoms with Gasteiger partial charge < -0.3 is 14.8 Å². The molecule has 1 aliphatic rings. The first-order valence-electron chi connectivity index (χ1n) is 7.62. The Bertz CT molecular complexity index is 450. The second-order valence-electron chi connectivity index (χ2n) is 5.89. The number of nitrogens with one attached hydrogen (secondary N) is 1. The monoisotopic (exact) mass is 291 g/mol. The van der Waals surface area contributed by atoms with Gasteiger partial charge in [0.25, 0.3) is 0 Å². The van der Waals surface area contributed by atoms with Gasteiger partial charge in [0.05, 0.1) is 14.2 Å². The Morgan fingerprint density at radius 2 is 1.76 bits per heavy atom. The maximum absolute atomic E-state index is 12.1. The molecule has 0 saturated heterocycles. The van der Waals surface area contributed by atoms with Crippen LogP contribution in [0.25, 0.3) is 0 Å². The van der Waals surface area contributed by atoms with Gasteiger partial charge in [-0.15, -0.1) is 0 Å². The van der Waals surface area contributed by atoms with Crippen LogP contribution in [0, 0.1) is 11.8 Å². The smallest absolute Gasteiger partial charge is 0.328 e. The second kappa shape index (κ2) is 7.34. The molecular formula is C17H25NO3. The van der Waals surface area contributed by atoms with Gasteiger partial charge in [-0.05, 0) is 48.9 Å². The molecule has 1 aromatic rings. The average molecular weight is 291 g/mol. The second-order valence-corrected chi connectivity index (χ2v) is 5.89. The van der Waals surface area contributed by atoms with Gasteiger partial charge in [0.1, 0.15) is 11.8 Å². The first kappa shape index (κ1) is 15.7. The molecule has 21 heavy (non-hydrogen) atoms. The van der Waals surface area contributed by atoms with Crippen LogP contribution in [0.2, 0.25) is 0 Å². The topological polar surface area (TPSA) is 47.6 Å².